The molecular formula is C10H19NO3. The van der Waals surface area contributed by atoms with Crippen molar-refractivity contribution >= 4 is 5.91 Å². The van der Waals surface area contributed by atoms with E-state index in [0.29, 0.717) is 18.9 Å². The first-order chi connectivity index (χ1) is 6.76. The molecule has 0 aromatic rings. The van der Waals surface area contributed by atoms with E-state index in [2.05, 4.69) is 5.32 Å². The van der Waals surface area contributed by atoms with Gasteiger partial charge in [-0.3, -0.25) is 4.79 Å². The summed E-state index contributed by atoms with van der Waals surface area (Å²) in [7, 11) is 1.56. The molecule has 1 aliphatic rings. The molecule has 0 bridgehead atoms. The second-order valence-corrected chi connectivity index (χ2v) is 3.90. The summed E-state index contributed by atoms with van der Waals surface area (Å²) in [6, 6.07) is -0.257. The number of aliphatic hydroxyl groups is 1. The van der Waals surface area contributed by atoms with Crippen LogP contribution >= 0.6 is 0 Å². The molecule has 1 aliphatic carbocycles. The summed E-state index contributed by atoms with van der Waals surface area (Å²) < 4.78 is 4.87. The third-order valence-electron chi connectivity index (χ3n) is 2.65. The molecule has 0 saturated heterocycles. The van der Waals surface area contributed by atoms with Gasteiger partial charge in [-0.15, -0.1) is 0 Å². The Balaban J connectivity index is 2.15. The van der Waals surface area contributed by atoms with Crippen molar-refractivity contribution < 1.29 is 14.6 Å². The van der Waals surface area contributed by atoms with Gasteiger partial charge in [-0.2, -0.15) is 0 Å². The fraction of sp³-hybridized carbons (Fsp3) is 0.900. The van der Waals surface area contributed by atoms with E-state index in [1.165, 1.54) is 19.3 Å². The van der Waals surface area contributed by atoms with Gasteiger partial charge in [-0.1, -0.05) is 6.42 Å². The number of ether oxygens (including phenoxy) is 1. The number of carbonyl (C=O) groups is 1. The van der Waals surface area contributed by atoms with E-state index in [1.807, 2.05) is 0 Å². The van der Waals surface area contributed by atoms with Crippen LogP contribution in [0, 0.1) is 5.92 Å². The van der Waals surface area contributed by atoms with Crippen LogP contribution in [0.2, 0.25) is 0 Å². The Labute approximate surface area is 84.6 Å². The number of methoxy groups -OCH3 is 1. The van der Waals surface area contributed by atoms with Crippen molar-refractivity contribution in [3.63, 3.8) is 0 Å². The van der Waals surface area contributed by atoms with E-state index in [9.17, 15) is 4.79 Å². The van der Waals surface area contributed by atoms with Crippen LogP contribution in [0.1, 0.15) is 25.7 Å². The largest absolute Gasteiger partial charge is 0.394 e. The van der Waals surface area contributed by atoms with Crippen LogP contribution in [0.25, 0.3) is 0 Å². The minimum absolute atomic E-state index is 0.0331. The highest BCUT2D eigenvalue weighted by molar-refractivity contribution is 5.76. The van der Waals surface area contributed by atoms with Gasteiger partial charge >= 0.3 is 0 Å². The number of rotatable bonds is 6. The fourth-order valence-electron chi connectivity index (χ4n) is 1.59. The van der Waals surface area contributed by atoms with Crippen molar-refractivity contribution in [3.05, 3.63) is 0 Å². The lowest BCUT2D eigenvalue weighted by molar-refractivity contribution is -0.124. The topological polar surface area (TPSA) is 58.6 Å². The molecule has 0 spiro atoms. The Bertz CT molecular complexity index is 180. The van der Waals surface area contributed by atoms with Crippen LogP contribution in [-0.2, 0) is 9.53 Å². The minimum atomic E-state index is -0.257. The first kappa shape index (κ1) is 11.5. The Morgan fingerprint density at radius 2 is 2.36 bits per heavy atom. The molecular weight excluding hydrogens is 182 g/mol. The Kier molecular flexibility index (Phi) is 4.90. The van der Waals surface area contributed by atoms with Gasteiger partial charge in [0.25, 0.3) is 0 Å². The fourth-order valence-corrected chi connectivity index (χ4v) is 1.59. The number of hydrogen-bond acceptors (Lipinski definition) is 3. The van der Waals surface area contributed by atoms with E-state index in [0.717, 1.165) is 0 Å². The van der Waals surface area contributed by atoms with E-state index in [1.54, 1.807) is 7.11 Å². The van der Waals surface area contributed by atoms with Gasteiger partial charge in [0.2, 0.25) is 5.91 Å². The van der Waals surface area contributed by atoms with Crippen molar-refractivity contribution in [1.29, 1.82) is 0 Å². The van der Waals surface area contributed by atoms with Crippen LogP contribution in [0.5, 0.6) is 0 Å². The standard InChI is InChI=1S/C10H19NO3/c1-14-7-9(6-12)11-10(13)5-8-3-2-4-8/h8-9,12H,2-7H2,1H3,(H,11,13). The molecule has 0 aromatic heterocycles. The molecule has 0 heterocycles. The molecule has 1 atom stereocenters. The zero-order valence-electron chi connectivity index (χ0n) is 8.66. The van der Waals surface area contributed by atoms with E-state index >= 15 is 0 Å². The maximum absolute atomic E-state index is 11.4. The normalized spacial score (nSPS) is 18.7. The van der Waals surface area contributed by atoms with Gasteiger partial charge in [0.1, 0.15) is 0 Å². The Morgan fingerprint density at radius 3 is 2.79 bits per heavy atom. The lowest BCUT2D eigenvalue weighted by Crippen LogP contribution is -2.41. The van der Waals surface area contributed by atoms with Crippen molar-refractivity contribution in [2.75, 3.05) is 20.3 Å². The number of aliphatic hydroxyl groups excluding tert-OH is 1. The van der Waals surface area contributed by atoms with Crippen LogP contribution in [0.15, 0.2) is 0 Å². The molecule has 82 valence electrons. The Morgan fingerprint density at radius 1 is 1.64 bits per heavy atom. The first-order valence-electron chi connectivity index (χ1n) is 5.15. The smallest absolute Gasteiger partial charge is 0.220 e. The number of nitrogens with one attached hydrogen (secondary N) is 1. The zero-order chi connectivity index (χ0) is 10.4. The second-order valence-electron chi connectivity index (χ2n) is 3.90. The summed E-state index contributed by atoms with van der Waals surface area (Å²) in [4.78, 5) is 11.4. The lowest BCUT2D eigenvalue weighted by atomic mass is 9.83. The van der Waals surface area contributed by atoms with Gasteiger partial charge in [-0.25, -0.2) is 0 Å². The summed E-state index contributed by atoms with van der Waals surface area (Å²) in [6.45, 7) is 0.303. The maximum Gasteiger partial charge on any atom is 0.220 e. The van der Waals surface area contributed by atoms with Gasteiger partial charge in [0.05, 0.1) is 19.3 Å². The number of carbonyl (C=O) groups excluding carboxylic acids is 1. The molecule has 0 aliphatic heterocycles. The molecule has 1 amide bonds. The predicted octanol–water partition coefficient (Wildman–Crippen LogP) is 0.300. The van der Waals surface area contributed by atoms with Crippen LogP contribution < -0.4 is 5.32 Å². The third-order valence-corrected chi connectivity index (χ3v) is 2.65. The molecule has 14 heavy (non-hydrogen) atoms. The average molecular weight is 201 g/mol. The summed E-state index contributed by atoms with van der Waals surface area (Å²) in [5.74, 6) is 0.600. The van der Waals surface area contributed by atoms with Crippen molar-refractivity contribution in [3.8, 4) is 0 Å². The quantitative estimate of drug-likeness (QED) is 0.650. The number of amides is 1. The lowest BCUT2D eigenvalue weighted by Gasteiger charge is -2.25. The Hall–Kier alpha value is -0.610. The van der Waals surface area contributed by atoms with Crippen molar-refractivity contribution in [2.45, 2.75) is 31.7 Å². The molecule has 1 rings (SSSR count). The minimum Gasteiger partial charge on any atom is -0.394 e. The molecule has 1 fully saturated rings. The maximum atomic E-state index is 11.4. The van der Waals surface area contributed by atoms with Crippen molar-refractivity contribution in [2.24, 2.45) is 5.92 Å². The molecule has 2 N–H and O–H groups in total. The van der Waals surface area contributed by atoms with Gasteiger partial charge in [-0.05, 0) is 18.8 Å². The average Bonchev–Trinajstić information content (AvgIpc) is 2.11. The van der Waals surface area contributed by atoms with Crippen LogP contribution in [0.4, 0.5) is 0 Å². The SMILES string of the molecule is COCC(CO)NC(=O)CC1CCC1. The molecule has 1 saturated carbocycles. The van der Waals surface area contributed by atoms with Gasteiger partial charge in [0.15, 0.2) is 0 Å². The summed E-state index contributed by atoms with van der Waals surface area (Å²) >= 11 is 0. The zero-order valence-corrected chi connectivity index (χ0v) is 8.66. The summed E-state index contributed by atoms with van der Waals surface area (Å²) in [5.41, 5.74) is 0. The highest BCUT2D eigenvalue weighted by Gasteiger charge is 2.21. The molecule has 1 unspecified atom stereocenters. The van der Waals surface area contributed by atoms with Crippen molar-refractivity contribution in [1.82, 2.24) is 5.32 Å². The monoisotopic (exact) mass is 201 g/mol. The summed E-state index contributed by atoms with van der Waals surface area (Å²) in [5, 5.41) is 11.7. The highest BCUT2D eigenvalue weighted by atomic mass is 16.5. The number of hydrogen-bond donors (Lipinski definition) is 2. The van der Waals surface area contributed by atoms with Crippen LogP contribution in [0.3, 0.4) is 0 Å². The van der Waals surface area contributed by atoms with Gasteiger partial charge in [0, 0.05) is 13.5 Å². The van der Waals surface area contributed by atoms with Gasteiger partial charge < -0.3 is 15.2 Å². The molecule has 0 aromatic carbocycles. The third kappa shape index (κ3) is 3.64. The molecule has 4 nitrogen and oxygen atoms in total. The van der Waals surface area contributed by atoms with E-state index < -0.39 is 0 Å². The van der Waals surface area contributed by atoms with Crippen LogP contribution in [-0.4, -0.2) is 37.4 Å². The summed E-state index contributed by atoms with van der Waals surface area (Å²) in [6.07, 6.45) is 4.18. The second kappa shape index (κ2) is 5.98. The highest BCUT2D eigenvalue weighted by Crippen LogP contribution is 2.29. The molecule has 4 heteroatoms. The van der Waals surface area contributed by atoms with E-state index in [4.69, 9.17) is 9.84 Å². The molecule has 0 radical (unpaired) electrons. The predicted molar refractivity (Wildman–Crippen MR) is 52.9 cm³/mol. The first-order valence-corrected chi connectivity index (χ1v) is 5.15. The van der Waals surface area contributed by atoms with E-state index in [-0.39, 0.29) is 18.6 Å².